The molecule has 0 bridgehead atoms. The predicted octanol–water partition coefficient (Wildman–Crippen LogP) is 6.51. The highest BCUT2D eigenvalue weighted by Crippen LogP contribution is 2.32. The van der Waals surface area contributed by atoms with E-state index in [1.165, 1.54) is 17.7 Å². The minimum atomic E-state index is -0.270. The first-order valence-corrected chi connectivity index (χ1v) is 11.7. The maximum absolute atomic E-state index is 13.5. The summed E-state index contributed by atoms with van der Waals surface area (Å²) in [5.74, 6) is 0.472. The van der Waals surface area contributed by atoms with Crippen molar-refractivity contribution < 1.29 is 9.13 Å². The first kappa shape index (κ1) is 23.4. The van der Waals surface area contributed by atoms with Crippen molar-refractivity contribution in [2.24, 2.45) is 0 Å². The Labute approximate surface area is 200 Å². The zero-order chi connectivity index (χ0) is 24.1. The molecule has 0 aliphatic rings. The third kappa shape index (κ3) is 5.09. The van der Waals surface area contributed by atoms with Crippen LogP contribution >= 0.6 is 0 Å². The summed E-state index contributed by atoms with van der Waals surface area (Å²) >= 11 is 0. The van der Waals surface area contributed by atoms with Crippen LogP contribution < -0.4 is 10.1 Å². The molecule has 1 N–H and O–H groups in total. The lowest BCUT2D eigenvalue weighted by Gasteiger charge is -2.16. The first-order chi connectivity index (χ1) is 16.5. The second kappa shape index (κ2) is 10.5. The molecule has 0 saturated carbocycles. The topological polar surface area (TPSA) is 47.0 Å². The minimum absolute atomic E-state index is 0.270. The molecule has 0 unspecified atom stereocenters. The molecule has 0 radical (unpaired) electrons. The highest BCUT2D eigenvalue weighted by molar-refractivity contribution is 5.85. The molecule has 2 aromatic carbocycles. The Balaban J connectivity index is 1.52. The van der Waals surface area contributed by atoms with Crippen molar-refractivity contribution in [1.82, 2.24) is 15.3 Å². The summed E-state index contributed by atoms with van der Waals surface area (Å²) in [5.41, 5.74) is 7.74. The molecule has 0 aliphatic heterocycles. The van der Waals surface area contributed by atoms with Gasteiger partial charge in [-0.15, -0.1) is 0 Å². The fourth-order valence-corrected chi connectivity index (χ4v) is 4.14. The molecule has 4 nitrogen and oxygen atoms in total. The number of hydrogen-bond donors (Lipinski definition) is 1. The highest BCUT2D eigenvalue weighted by Gasteiger charge is 2.14. The van der Waals surface area contributed by atoms with Gasteiger partial charge in [-0.25, -0.2) is 9.37 Å². The third-order valence-electron chi connectivity index (χ3n) is 5.85. The molecule has 0 saturated heterocycles. The SMILES string of the molecule is C=C(NCCc1cc(C)c(OCC)c(-c2ccc(F)cc2)n1)c1cc(CC)c2ncccc2c1. The minimum Gasteiger partial charge on any atom is -0.491 e. The fourth-order valence-electron chi connectivity index (χ4n) is 4.14. The Morgan fingerprint density at radius 1 is 1.09 bits per heavy atom. The van der Waals surface area contributed by atoms with Gasteiger partial charge in [-0.2, -0.15) is 0 Å². The van der Waals surface area contributed by atoms with Gasteiger partial charge in [0.05, 0.1) is 12.1 Å². The van der Waals surface area contributed by atoms with Gasteiger partial charge >= 0.3 is 0 Å². The molecule has 0 atom stereocenters. The predicted molar refractivity (Wildman–Crippen MR) is 137 cm³/mol. The zero-order valence-corrected chi connectivity index (χ0v) is 20.0. The smallest absolute Gasteiger partial charge is 0.148 e. The van der Waals surface area contributed by atoms with Crippen molar-refractivity contribution in [3.63, 3.8) is 0 Å². The molecule has 5 heteroatoms. The number of benzene rings is 2. The van der Waals surface area contributed by atoms with Gasteiger partial charge < -0.3 is 10.1 Å². The number of pyridine rings is 2. The highest BCUT2D eigenvalue weighted by atomic mass is 19.1. The summed E-state index contributed by atoms with van der Waals surface area (Å²) in [6.45, 7) is 11.6. The first-order valence-electron chi connectivity index (χ1n) is 11.7. The maximum Gasteiger partial charge on any atom is 0.148 e. The molecule has 0 fully saturated rings. The molecule has 2 aromatic heterocycles. The lowest BCUT2D eigenvalue weighted by Crippen LogP contribution is -2.16. The van der Waals surface area contributed by atoms with Crippen LogP contribution in [0.2, 0.25) is 0 Å². The average molecular weight is 456 g/mol. The molecular weight excluding hydrogens is 425 g/mol. The molecule has 4 rings (SSSR count). The maximum atomic E-state index is 13.5. The summed E-state index contributed by atoms with van der Waals surface area (Å²) in [5, 5.41) is 4.57. The standard InChI is InChI=1S/C29H30FN3O/c1-5-21-17-24(18-23-8-7-14-32-27(21)23)20(4)31-15-13-26-16-19(3)29(34-6-2)28(33-26)22-9-11-25(30)12-10-22/h7-12,14,16-18,31H,4-6,13,15H2,1-3H3. The van der Waals surface area contributed by atoms with E-state index >= 15 is 0 Å². The van der Waals surface area contributed by atoms with Gasteiger partial charge in [-0.1, -0.05) is 19.6 Å². The zero-order valence-electron chi connectivity index (χ0n) is 20.0. The fraction of sp³-hybridized carbons (Fsp3) is 0.241. The van der Waals surface area contributed by atoms with Crippen LogP contribution in [0, 0.1) is 12.7 Å². The molecule has 174 valence electrons. The Morgan fingerprint density at radius 3 is 2.62 bits per heavy atom. The van der Waals surface area contributed by atoms with Gasteiger partial charge in [-0.3, -0.25) is 4.98 Å². The van der Waals surface area contributed by atoms with E-state index in [0.717, 1.165) is 63.3 Å². The number of aromatic nitrogens is 2. The number of ether oxygens (including phenoxy) is 1. The van der Waals surface area contributed by atoms with Gasteiger partial charge in [0.1, 0.15) is 17.3 Å². The Hall–Kier alpha value is -3.73. The molecule has 34 heavy (non-hydrogen) atoms. The normalized spacial score (nSPS) is 10.9. The summed E-state index contributed by atoms with van der Waals surface area (Å²) < 4.78 is 19.3. The van der Waals surface area contributed by atoms with Gasteiger partial charge in [0.15, 0.2) is 0 Å². The molecule has 4 aromatic rings. The van der Waals surface area contributed by atoms with Crippen LogP contribution in [0.4, 0.5) is 4.39 Å². The van der Waals surface area contributed by atoms with Crippen LogP contribution in [0.25, 0.3) is 27.9 Å². The van der Waals surface area contributed by atoms with E-state index < -0.39 is 0 Å². The van der Waals surface area contributed by atoms with Gasteiger partial charge in [0.2, 0.25) is 0 Å². The lowest BCUT2D eigenvalue weighted by atomic mass is 10.0. The van der Waals surface area contributed by atoms with Gasteiger partial charge in [0, 0.05) is 41.5 Å². The molecule has 0 amide bonds. The summed E-state index contributed by atoms with van der Waals surface area (Å²) in [7, 11) is 0. The summed E-state index contributed by atoms with van der Waals surface area (Å²) in [6.07, 6.45) is 3.46. The van der Waals surface area contributed by atoms with Crippen molar-refractivity contribution in [2.45, 2.75) is 33.6 Å². The number of halogens is 1. The summed E-state index contributed by atoms with van der Waals surface area (Å²) in [6, 6.07) is 16.8. The van der Waals surface area contributed by atoms with Gasteiger partial charge in [0.25, 0.3) is 0 Å². The Bertz CT molecular complexity index is 1320. The quantitative estimate of drug-likeness (QED) is 0.313. The Kier molecular flexibility index (Phi) is 7.21. The number of nitrogens with one attached hydrogen (secondary N) is 1. The van der Waals surface area contributed by atoms with Gasteiger partial charge in [-0.05, 0) is 85.5 Å². The second-order valence-electron chi connectivity index (χ2n) is 8.27. The van der Waals surface area contributed by atoms with Crippen LogP contribution in [0.1, 0.15) is 36.2 Å². The monoisotopic (exact) mass is 455 g/mol. The van der Waals surface area contributed by atoms with E-state index in [0.29, 0.717) is 13.2 Å². The number of aryl methyl sites for hydroxylation is 2. The van der Waals surface area contributed by atoms with Crippen molar-refractivity contribution in [3.05, 3.63) is 95.6 Å². The molecule has 0 aliphatic carbocycles. The number of fused-ring (bicyclic) bond motifs is 1. The average Bonchev–Trinajstić information content (AvgIpc) is 2.85. The van der Waals surface area contributed by atoms with Crippen LogP contribution in [-0.2, 0) is 12.8 Å². The third-order valence-corrected chi connectivity index (χ3v) is 5.85. The van der Waals surface area contributed by atoms with Crippen LogP contribution in [0.15, 0.2) is 67.4 Å². The van der Waals surface area contributed by atoms with E-state index in [9.17, 15) is 4.39 Å². The largest absolute Gasteiger partial charge is 0.491 e. The molecule has 2 heterocycles. The summed E-state index contributed by atoms with van der Waals surface area (Å²) in [4.78, 5) is 9.40. The lowest BCUT2D eigenvalue weighted by molar-refractivity contribution is 0.338. The van der Waals surface area contributed by atoms with E-state index in [4.69, 9.17) is 9.72 Å². The van der Waals surface area contributed by atoms with Crippen LogP contribution in [-0.4, -0.2) is 23.1 Å². The van der Waals surface area contributed by atoms with Crippen molar-refractivity contribution in [3.8, 4) is 17.0 Å². The molecular formula is C29H30FN3O. The van der Waals surface area contributed by atoms with Crippen molar-refractivity contribution in [1.29, 1.82) is 0 Å². The van der Waals surface area contributed by atoms with Crippen molar-refractivity contribution in [2.75, 3.05) is 13.2 Å². The van der Waals surface area contributed by atoms with E-state index in [1.807, 2.05) is 26.1 Å². The van der Waals surface area contributed by atoms with Crippen LogP contribution in [0.3, 0.4) is 0 Å². The Morgan fingerprint density at radius 2 is 1.88 bits per heavy atom. The van der Waals surface area contributed by atoms with E-state index in [2.05, 4.69) is 48.1 Å². The van der Waals surface area contributed by atoms with E-state index in [-0.39, 0.29) is 5.82 Å². The van der Waals surface area contributed by atoms with Crippen molar-refractivity contribution >= 4 is 16.6 Å². The van der Waals surface area contributed by atoms with E-state index in [1.54, 1.807) is 12.1 Å². The second-order valence-corrected chi connectivity index (χ2v) is 8.27. The molecule has 0 spiro atoms. The number of nitrogens with zero attached hydrogens (tertiary/aromatic N) is 2. The number of rotatable bonds is 9. The number of hydrogen-bond acceptors (Lipinski definition) is 4. The van der Waals surface area contributed by atoms with Crippen LogP contribution in [0.5, 0.6) is 5.75 Å².